The largest absolute Gasteiger partial charge is 0.476 e. The Hall–Kier alpha value is -4.26. The zero-order chi connectivity index (χ0) is 34.7. The molecule has 2 aromatic heterocycles. The molecule has 0 saturated heterocycles. The molecule has 0 aliphatic heterocycles. The molecule has 6 heteroatoms. The minimum atomic E-state index is 0.668. The minimum absolute atomic E-state index is 0.668. The molecule has 0 unspecified atom stereocenters. The van der Waals surface area contributed by atoms with Gasteiger partial charge in [0.15, 0.2) is 0 Å². The molecule has 0 N–H and O–H groups in total. The molecule has 256 valence electrons. The van der Waals surface area contributed by atoms with E-state index in [-0.39, 0.29) is 0 Å². The van der Waals surface area contributed by atoms with Gasteiger partial charge >= 0.3 is 0 Å². The average molecular weight is 649 g/mol. The number of fused-ring (bicyclic) bond motifs is 2. The average Bonchev–Trinajstić information content (AvgIpc) is 3.08. The van der Waals surface area contributed by atoms with Crippen molar-refractivity contribution < 1.29 is 9.47 Å². The molecule has 0 spiro atoms. The molecular formula is C42H56N4O2. The third-order valence-corrected chi connectivity index (χ3v) is 7.67. The van der Waals surface area contributed by atoms with Crippen molar-refractivity contribution in [3.63, 3.8) is 0 Å². The molecule has 0 amide bonds. The van der Waals surface area contributed by atoms with Crippen LogP contribution in [0.3, 0.4) is 0 Å². The van der Waals surface area contributed by atoms with Gasteiger partial charge in [0.1, 0.15) is 13.2 Å². The molecule has 2 heterocycles. The number of hydrogen-bond donors (Lipinski definition) is 0. The fraction of sp³-hybridized carbons (Fsp3) is 0.381. The number of unbranched alkanes of at least 4 members (excludes halogenated alkanes) is 2. The van der Waals surface area contributed by atoms with E-state index in [1.165, 1.54) is 36.5 Å². The zero-order valence-corrected chi connectivity index (χ0v) is 30.2. The molecular weight excluding hydrogens is 592 g/mol. The van der Waals surface area contributed by atoms with E-state index in [1.807, 2.05) is 64.6 Å². The Labute approximate surface area is 288 Å². The van der Waals surface area contributed by atoms with Crippen molar-refractivity contribution in [1.29, 1.82) is 0 Å². The van der Waals surface area contributed by atoms with Crippen LogP contribution in [0.1, 0.15) is 50.9 Å². The molecule has 0 aliphatic rings. The van der Waals surface area contributed by atoms with Gasteiger partial charge in [-0.15, -0.1) is 0 Å². The summed E-state index contributed by atoms with van der Waals surface area (Å²) in [6, 6.07) is 28.8. The van der Waals surface area contributed by atoms with Gasteiger partial charge in [0.05, 0.1) is 0 Å². The van der Waals surface area contributed by atoms with Crippen LogP contribution in [0.15, 0.2) is 84.9 Å². The number of aryl methyl sites for hydroxylation is 2. The maximum absolute atomic E-state index is 5.90. The van der Waals surface area contributed by atoms with Crippen LogP contribution in [0.25, 0.3) is 34.7 Å². The first-order valence-corrected chi connectivity index (χ1v) is 17.3. The molecule has 0 fully saturated rings. The molecule has 5 rings (SSSR count). The summed E-state index contributed by atoms with van der Waals surface area (Å²) < 4.78 is 11.8. The van der Waals surface area contributed by atoms with Gasteiger partial charge in [-0.1, -0.05) is 101 Å². The number of ether oxygens (including phenoxy) is 2. The number of aromatic nitrogens is 2. The van der Waals surface area contributed by atoms with Crippen LogP contribution in [0.5, 0.6) is 11.8 Å². The van der Waals surface area contributed by atoms with Crippen molar-refractivity contribution in [1.82, 2.24) is 19.8 Å². The lowest BCUT2D eigenvalue weighted by Crippen LogP contribution is -2.19. The number of rotatable bonds is 14. The normalized spacial score (nSPS) is 10.8. The van der Waals surface area contributed by atoms with Gasteiger partial charge in [-0.3, -0.25) is 0 Å². The van der Waals surface area contributed by atoms with Gasteiger partial charge < -0.3 is 19.3 Å². The smallest absolute Gasteiger partial charge is 0.221 e. The predicted octanol–water partition coefficient (Wildman–Crippen LogP) is 7.54. The highest BCUT2D eigenvalue weighted by molar-refractivity contribution is 5.87. The molecule has 5 aromatic rings. The van der Waals surface area contributed by atoms with E-state index in [4.69, 9.17) is 19.4 Å². The van der Waals surface area contributed by atoms with E-state index in [0.717, 1.165) is 70.3 Å². The molecule has 0 bridgehead atoms. The standard InChI is InChI=1S/2C17H24N2O.C8H8/c2*1-4-5-9-15-13-14-8-6-7-10-16(14)17(18-15)20-12-11-19(2)3;1-7-3-5-8(2)6-4-7/h2*6-8,10,13H,4-5,9,11-12H2,1-3H3;3-6H,1-2H2. The Morgan fingerprint density at radius 2 is 0.938 bits per heavy atom. The lowest BCUT2D eigenvalue weighted by molar-refractivity contribution is 0.256. The second-order valence-corrected chi connectivity index (χ2v) is 12.6. The van der Waals surface area contributed by atoms with E-state index in [9.17, 15) is 0 Å². The Morgan fingerprint density at radius 3 is 1.29 bits per heavy atom. The molecule has 0 saturated carbocycles. The van der Waals surface area contributed by atoms with Crippen LogP contribution in [-0.2, 0) is 12.8 Å². The second kappa shape index (κ2) is 20.9. The van der Waals surface area contributed by atoms with E-state index in [2.05, 4.69) is 85.3 Å². The van der Waals surface area contributed by atoms with E-state index in [1.54, 1.807) is 0 Å². The molecule has 6 nitrogen and oxygen atoms in total. The number of hydrogen-bond acceptors (Lipinski definition) is 6. The molecule has 0 atom stereocenters. The first kappa shape index (κ1) is 38.2. The first-order valence-electron chi connectivity index (χ1n) is 17.3. The Morgan fingerprint density at radius 1 is 0.562 bits per heavy atom. The molecule has 3 aromatic carbocycles. The highest BCUT2D eigenvalue weighted by atomic mass is 16.5. The third kappa shape index (κ3) is 13.5. The first-order chi connectivity index (χ1) is 23.2. The Kier molecular flexibility index (Phi) is 16.6. The van der Waals surface area contributed by atoms with E-state index in [0.29, 0.717) is 13.2 Å². The van der Waals surface area contributed by atoms with Crippen LogP contribution in [-0.4, -0.2) is 74.3 Å². The Balaban J connectivity index is 0.000000212. The lowest BCUT2D eigenvalue weighted by Gasteiger charge is -2.13. The summed E-state index contributed by atoms with van der Waals surface area (Å²) >= 11 is 0. The van der Waals surface area contributed by atoms with Gasteiger partial charge in [-0.25, -0.2) is 9.97 Å². The van der Waals surface area contributed by atoms with Crippen molar-refractivity contribution in [2.45, 2.75) is 52.4 Å². The highest BCUT2D eigenvalue weighted by Crippen LogP contribution is 2.26. The maximum Gasteiger partial charge on any atom is 0.221 e. The highest BCUT2D eigenvalue weighted by Gasteiger charge is 2.08. The van der Waals surface area contributed by atoms with Gasteiger partial charge in [-0.05, 0) is 99.3 Å². The van der Waals surface area contributed by atoms with Gasteiger partial charge in [0.25, 0.3) is 0 Å². The molecule has 48 heavy (non-hydrogen) atoms. The SMILES string of the molecule is C=c1ccc(=C)cc1.CCCCc1cc2ccccc2c(OCCN(C)C)n1.CCCCc1cc2ccccc2c(OCCN(C)C)n1. The van der Waals surface area contributed by atoms with Crippen LogP contribution in [0.4, 0.5) is 0 Å². The summed E-state index contributed by atoms with van der Waals surface area (Å²) in [5, 5.41) is 6.72. The van der Waals surface area contributed by atoms with E-state index < -0.39 is 0 Å². The number of pyridine rings is 2. The predicted molar refractivity (Wildman–Crippen MR) is 206 cm³/mol. The van der Waals surface area contributed by atoms with Crippen molar-refractivity contribution in [2.75, 3.05) is 54.5 Å². The Bertz CT molecular complexity index is 1620. The second-order valence-electron chi connectivity index (χ2n) is 12.6. The summed E-state index contributed by atoms with van der Waals surface area (Å²) in [6.07, 6.45) is 6.75. The third-order valence-electron chi connectivity index (χ3n) is 7.67. The summed E-state index contributed by atoms with van der Waals surface area (Å²) in [5.41, 5.74) is 2.26. The lowest BCUT2D eigenvalue weighted by atomic mass is 10.1. The van der Waals surface area contributed by atoms with Crippen LogP contribution in [0, 0.1) is 0 Å². The fourth-order valence-electron chi connectivity index (χ4n) is 4.82. The summed E-state index contributed by atoms with van der Waals surface area (Å²) in [6.45, 7) is 15.0. The van der Waals surface area contributed by atoms with Crippen LogP contribution >= 0.6 is 0 Å². The number of likely N-dealkylation sites (N-methyl/N-ethyl adjacent to an activating group) is 2. The van der Waals surface area contributed by atoms with Crippen molar-refractivity contribution >= 4 is 34.7 Å². The van der Waals surface area contributed by atoms with Crippen LogP contribution < -0.4 is 19.9 Å². The maximum atomic E-state index is 5.90. The van der Waals surface area contributed by atoms with Crippen molar-refractivity contribution in [2.24, 2.45) is 0 Å². The van der Waals surface area contributed by atoms with Crippen LogP contribution in [0.2, 0.25) is 0 Å². The fourth-order valence-corrected chi connectivity index (χ4v) is 4.82. The number of benzene rings is 3. The molecule has 0 radical (unpaired) electrons. The monoisotopic (exact) mass is 648 g/mol. The minimum Gasteiger partial charge on any atom is -0.476 e. The number of nitrogens with zero attached hydrogens (tertiary/aromatic N) is 4. The van der Waals surface area contributed by atoms with Crippen molar-refractivity contribution in [3.8, 4) is 11.8 Å². The quantitative estimate of drug-likeness (QED) is 0.124. The van der Waals surface area contributed by atoms with Gasteiger partial charge in [0.2, 0.25) is 11.8 Å². The van der Waals surface area contributed by atoms with Crippen molar-refractivity contribution in [3.05, 3.63) is 107 Å². The van der Waals surface area contributed by atoms with E-state index >= 15 is 0 Å². The topological polar surface area (TPSA) is 50.7 Å². The van der Waals surface area contributed by atoms with Gasteiger partial charge in [0, 0.05) is 35.2 Å². The summed E-state index contributed by atoms with van der Waals surface area (Å²) in [4.78, 5) is 13.6. The zero-order valence-electron chi connectivity index (χ0n) is 30.2. The molecule has 0 aliphatic carbocycles. The summed E-state index contributed by atoms with van der Waals surface area (Å²) in [5.74, 6) is 1.55. The summed E-state index contributed by atoms with van der Waals surface area (Å²) in [7, 11) is 8.19. The van der Waals surface area contributed by atoms with Gasteiger partial charge in [-0.2, -0.15) is 0 Å².